The Morgan fingerprint density at radius 1 is 1.32 bits per heavy atom. The number of rotatable bonds is 1. The summed E-state index contributed by atoms with van der Waals surface area (Å²) < 4.78 is 1.91. The van der Waals surface area contributed by atoms with Crippen LogP contribution in [-0.4, -0.2) is 14.5 Å². The molecule has 92 valence electrons. The number of nitrogens with one attached hydrogen (secondary N) is 1. The molecule has 0 fully saturated rings. The Bertz CT molecular complexity index is 847. The molecule has 0 saturated carbocycles. The van der Waals surface area contributed by atoms with Gasteiger partial charge in [-0.25, -0.2) is 4.98 Å². The molecule has 1 aromatic carbocycles. The Morgan fingerprint density at radius 3 is 2.84 bits per heavy atom. The van der Waals surface area contributed by atoms with E-state index in [1.807, 2.05) is 23.7 Å². The van der Waals surface area contributed by atoms with Crippen molar-refractivity contribution in [2.75, 3.05) is 0 Å². The van der Waals surface area contributed by atoms with E-state index in [0.717, 1.165) is 11.1 Å². The van der Waals surface area contributed by atoms with Crippen LogP contribution in [0.2, 0.25) is 0 Å². The lowest BCUT2D eigenvalue weighted by Gasteiger charge is -2.01. The Kier molecular flexibility index (Phi) is 2.43. The third-order valence-corrected chi connectivity index (χ3v) is 3.07. The molecule has 0 bridgehead atoms. The number of nitriles is 1. The van der Waals surface area contributed by atoms with Gasteiger partial charge in [0, 0.05) is 24.9 Å². The third-order valence-electron chi connectivity index (χ3n) is 3.07. The number of nitrogens with zero attached hydrogens (tertiary/aromatic N) is 3. The van der Waals surface area contributed by atoms with Crippen molar-refractivity contribution in [3.8, 4) is 17.5 Å². The van der Waals surface area contributed by atoms with Crippen molar-refractivity contribution in [1.82, 2.24) is 14.5 Å². The van der Waals surface area contributed by atoms with Crippen LogP contribution in [0.15, 0.2) is 41.3 Å². The van der Waals surface area contributed by atoms with E-state index in [2.05, 4.69) is 16.0 Å². The van der Waals surface area contributed by atoms with Gasteiger partial charge < -0.3 is 9.55 Å². The molecule has 1 N–H and O–H groups in total. The van der Waals surface area contributed by atoms with E-state index in [4.69, 9.17) is 5.26 Å². The molecule has 2 aromatic heterocycles. The third kappa shape index (κ3) is 1.70. The minimum Gasteiger partial charge on any atom is -0.328 e. The molecular weight excluding hydrogens is 240 g/mol. The highest BCUT2D eigenvalue weighted by Gasteiger charge is 2.12. The first-order valence-electron chi connectivity index (χ1n) is 5.75. The van der Waals surface area contributed by atoms with Gasteiger partial charge in [-0.1, -0.05) is 6.07 Å². The van der Waals surface area contributed by atoms with Crippen LogP contribution in [0.5, 0.6) is 0 Å². The van der Waals surface area contributed by atoms with Crippen LogP contribution in [0.25, 0.3) is 22.4 Å². The monoisotopic (exact) mass is 250 g/mol. The topological polar surface area (TPSA) is 74.5 Å². The van der Waals surface area contributed by atoms with Crippen molar-refractivity contribution < 1.29 is 0 Å². The maximum atomic E-state index is 11.1. The Morgan fingerprint density at radius 2 is 2.16 bits per heavy atom. The van der Waals surface area contributed by atoms with E-state index in [1.54, 1.807) is 18.3 Å². The summed E-state index contributed by atoms with van der Waals surface area (Å²) in [5.74, 6) is 0.717. The number of para-hydroxylation sites is 1. The SMILES string of the molecule is Cn1c(-c2ccc(=O)[nH]c2)nc2c(C#N)cccc21. The van der Waals surface area contributed by atoms with Gasteiger partial charge in [-0.2, -0.15) is 5.26 Å². The molecular formula is C14H10N4O. The van der Waals surface area contributed by atoms with Gasteiger partial charge in [0.15, 0.2) is 0 Å². The summed E-state index contributed by atoms with van der Waals surface area (Å²) in [4.78, 5) is 18.2. The molecule has 0 saturated heterocycles. The Hall–Kier alpha value is -2.87. The number of hydrogen-bond acceptors (Lipinski definition) is 3. The van der Waals surface area contributed by atoms with Crippen molar-refractivity contribution in [2.24, 2.45) is 7.05 Å². The Balaban J connectivity index is 2.31. The second-order valence-electron chi connectivity index (χ2n) is 4.22. The molecule has 0 aliphatic carbocycles. The number of benzene rings is 1. The maximum Gasteiger partial charge on any atom is 0.247 e. The van der Waals surface area contributed by atoms with E-state index in [1.165, 1.54) is 6.07 Å². The summed E-state index contributed by atoms with van der Waals surface area (Å²) in [6.07, 6.45) is 1.62. The summed E-state index contributed by atoms with van der Waals surface area (Å²) in [6.45, 7) is 0. The first kappa shape index (κ1) is 11.2. The normalized spacial score (nSPS) is 10.5. The molecule has 0 unspecified atom stereocenters. The van der Waals surface area contributed by atoms with Gasteiger partial charge in [0.25, 0.3) is 0 Å². The Labute approximate surface area is 108 Å². The predicted molar refractivity (Wildman–Crippen MR) is 71.5 cm³/mol. The quantitative estimate of drug-likeness (QED) is 0.715. The first-order chi connectivity index (χ1) is 9.20. The van der Waals surface area contributed by atoms with Gasteiger partial charge >= 0.3 is 0 Å². The highest BCUT2D eigenvalue weighted by atomic mass is 16.1. The highest BCUT2D eigenvalue weighted by Crippen LogP contribution is 2.24. The number of aryl methyl sites for hydroxylation is 1. The molecule has 0 radical (unpaired) electrons. The van der Waals surface area contributed by atoms with Crippen molar-refractivity contribution >= 4 is 11.0 Å². The predicted octanol–water partition coefficient (Wildman–Crippen LogP) is 1.80. The second-order valence-corrected chi connectivity index (χ2v) is 4.22. The number of imidazole rings is 1. The van der Waals surface area contributed by atoms with Crippen LogP contribution >= 0.6 is 0 Å². The molecule has 19 heavy (non-hydrogen) atoms. The van der Waals surface area contributed by atoms with E-state index in [0.29, 0.717) is 16.9 Å². The van der Waals surface area contributed by atoms with Gasteiger partial charge in [0.05, 0.1) is 11.1 Å². The maximum absolute atomic E-state index is 11.1. The van der Waals surface area contributed by atoms with Crippen LogP contribution in [0.1, 0.15) is 5.56 Å². The lowest BCUT2D eigenvalue weighted by Crippen LogP contribution is -2.02. The number of pyridine rings is 1. The van der Waals surface area contributed by atoms with Gasteiger partial charge in [0.1, 0.15) is 17.4 Å². The van der Waals surface area contributed by atoms with Crippen LogP contribution < -0.4 is 5.56 Å². The summed E-state index contributed by atoms with van der Waals surface area (Å²) in [5, 5.41) is 9.10. The van der Waals surface area contributed by atoms with Crippen LogP contribution in [0, 0.1) is 11.3 Å². The number of aromatic nitrogens is 3. The smallest absolute Gasteiger partial charge is 0.247 e. The summed E-state index contributed by atoms with van der Waals surface area (Å²) in [6, 6.07) is 10.8. The van der Waals surface area contributed by atoms with Gasteiger partial charge in [-0.3, -0.25) is 4.79 Å². The van der Waals surface area contributed by atoms with Crippen molar-refractivity contribution in [1.29, 1.82) is 5.26 Å². The van der Waals surface area contributed by atoms with Crippen LogP contribution in [0.4, 0.5) is 0 Å². The lowest BCUT2D eigenvalue weighted by atomic mass is 10.2. The molecule has 5 nitrogen and oxygen atoms in total. The average Bonchev–Trinajstić information content (AvgIpc) is 2.77. The molecule has 0 spiro atoms. The molecule has 2 heterocycles. The molecule has 5 heteroatoms. The summed E-state index contributed by atoms with van der Waals surface area (Å²) in [7, 11) is 1.89. The zero-order valence-corrected chi connectivity index (χ0v) is 10.2. The van der Waals surface area contributed by atoms with Crippen molar-refractivity contribution in [2.45, 2.75) is 0 Å². The minimum atomic E-state index is -0.153. The van der Waals surface area contributed by atoms with E-state index >= 15 is 0 Å². The standard InChI is InChI=1S/C14H10N4O/c1-18-11-4-2-3-9(7-15)13(11)17-14(18)10-5-6-12(19)16-8-10/h2-6,8H,1H3,(H,16,19). The van der Waals surface area contributed by atoms with Crippen LogP contribution in [0.3, 0.4) is 0 Å². The highest BCUT2D eigenvalue weighted by molar-refractivity contribution is 5.85. The summed E-state index contributed by atoms with van der Waals surface area (Å²) in [5.41, 5.74) is 2.76. The van der Waals surface area contributed by atoms with E-state index in [9.17, 15) is 4.79 Å². The van der Waals surface area contributed by atoms with Gasteiger partial charge in [-0.05, 0) is 18.2 Å². The fraction of sp³-hybridized carbons (Fsp3) is 0.0714. The second kappa shape index (κ2) is 4.10. The number of H-pyrrole nitrogens is 1. The fourth-order valence-electron chi connectivity index (χ4n) is 2.11. The van der Waals surface area contributed by atoms with Crippen molar-refractivity contribution in [3.05, 3.63) is 52.4 Å². The number of aromatic amines is 1. The molecule has 0 amide bonds. The largest absolute Gasteiger partial charge is 0.328 e. The molecule has 0 aliphatic heterocycles. The number of hydrogen-bond donors (Lipinski definition) is 1. The zero-order chi connectivity index (χ0) is 13.4. The van der Waals surface area contributed by atoms with E-state index < -0.39 is 0 Å². The summed E-state index contributed by atoms with van der Waals surface area (Å²) >= 11 is 0. The molecule has 3 rings (SSSR count). The first-order valence-corrected chi connectivity index (χ1v) is 5.75. The van der Waals surface area contributed by atoms with Crippen molar-refractivity contribution in [3.63, 3.8) is 0 Å². The number of fused-ring (bicyclic) bond motifs is 1. The minimum absolute atomic E-state index is 0.153. The van der Waals surface area contributed by atoms with Gasteiger partial charge in [-0.15, -0.1) is 0 Å². The van der Waals surface area contributed by atoms with Gasteiger partial charge in [0.2, 0.25) is 5.56 Å². The van der Waals surface area contributed by atoms with E-state index in [-0.39, 0.29) is 5.56 Å². The molecule has 0 aliphatic rings. The average molecular weight is 250 g/mol. The molecule has 0 atom stereocenters. The lowest BCUT2D eigenvalue weighted by molar-refractivity contribution is 0.957. The fourth-order valence-corrected chi connectivity index (χ4v) is 2.11. The zero-order valence-electron chi connectivity index (χ0n) is 10.2. The molecule has 3 aromatic rings. The van der Waals surface area contributed by atoms with Crippen LogP contribution in [-0.2, 0) is 7.05 Å².